The van der Waals surface area contributed by atoms with Crippen LogP contribution in [0.15, 0.2) is 54.1 Å². The van der Waals surface area contributed by atoms with Crippen LogP contribution in [0.2, 0.25) is 0 Å². The summed E-state index contributed by atoms with van der Waals surface area (Å²) in [6.45, 7) is 7.68. The third kappa shape index (κ3) is 4.28. The van der Waals surface area contributed by atoms with Crippen molar-refractivity contribution in [2.45, 2.75) is 27.7 Å². The maximum absolute atomic E-state index is 13.5. The topological polar surface area (TPSA) is 80.6 Å². The van der Waals surface area contributed by atoms with E-state index in [-0.39, 0.29) is 10.7 Å². The van der Waals surface area contributed by atoms with Crippen LogP contribution in [0.25, 0.3) is 11.8 Å². The number of aryl methyl sites for hydroxylation is 2. The van der Waals surface area contributed by atoms with Crippen LogP contribution < -0.4 is 10.2 Å². The summed E-state index contributed by atoms with van der Waals surface area (Å²) < 4.78 is 6.79. The van der Waals surface area contributed by atoms with Gasteiger partial charge in [0.15, 0.2) is 5.11 Å². The van der Waals surface area contributed by atoms with Crippen molar-refractivity contribution in [1.29, 1.82) is 0 Å². The van der Waals surface area contributed by atoms with Crippen molar-refractivity contribution in [3.8, 4) is 5.69 Å². The standard InChI is InChI=1S/C27H25N3O4S/c1-15-8-6-11-23(17(15)3)30-25(32)22(24(31)28-27(30)35)14-20-12-16(2)29(18(20)4)21-10-7-9-19(13-21)26(33)34-5/h6-14H,1-5H3,(H,28,31,35)/b22-14+. The maximum atomic E-state index is 13.5. The Morgan fingerprint density at radius 3 is 2.46 bits per heavy atom. The highest BCUT2D eigenvalue weighted by atomic mass is 32.1. The van der Waals surface area contributed by atoms with E-state index in [0.29, 0.717) is 16.8 Å². The molecule has 1 fully saturated rings. The molecule has 35 heavy (non-hydrogen) atoms. The summed E-state index contributed by atoms with van der Waals surface area (Å²) in [6, 6.07) is 14.6. The molecular formula is C27H25N3O4S. The summed E-state index contributed by atoms with van der Waals surface area (Å²) in [4.78, 5) is 39.6. The number of thiocarbonyl (C=S) groups is 1. The van der Waals surface area contributed by atoms with Crippen molar-refractivity contribution >= 4 is 46.9 Å². The number of anilines is 1. The van der Waals surface area contributed by atoms with Crippen molar-refractivity contribution in [2.75, 3.05) is 12.0 Å². The van der Waals surface area contributed by atoms with Crippen molar-refractivity contribution in [1.82, 2.24) is 9.88 Å². The SMILES string of the molecule is COC(=O)c1cccc(-n2c(C)cc(/C=C3\C(=O)NC(=S)N(c4cccc(C)c4C)C3=O)c2C)c1. The highest BCUT2D eigenvalue weighted by molar-refractivity contribution is 7.80. The lowest BCUT2D eigenvalue weighted by Crippen LogP contribution is -2.54. The molecule has 178 valence electrons. The molecule has 2 amide bonds. The summed E-state index contributed by atoms with van der Waals surface area (Å²) in [5, 5.41) is 2.70. The molecule has 0 bridgehead atoms. The quantitative estimate of drug-likeness (QED) is 0.256. The maximum Gasteiger partial charge on any atom is 0.337 e. The van der Waals surface area contributed by atoms with Gasteiger partial charge >= 0.3 is 5.97 Å². The molecule has 0 saturated carbocycles. The number of hydrogen-bond acceptors (Lipinski definition) is 5. The third-order valence-corrected chi connectivity index (χ3v) is 6.50. The predicted octanol–water partition coefficient (Wildman–Crippen LogP) is 4.33. The lowest BCUT2D eigenvalue weighted by molar-refractivity contribution is -0.122. The molecule has 2 heterocycles. The first kappa shape index (κ1) is 24.1. The second-order valence-electron chi connectivity index (χ2n) is 8.38. The molecule has 0 atom stereocenters. The summed E-state index contributed by atoms with van der Waals surface area (Å²) in [5.41, 5.74) is 6.13. The van der Waals surface area contributed by atoms with Gasteiger partial charge in [-0.1, -0.05) is 18.2 Å². The number of ether oxygens (including phenoxy) is 1. The van der Waals surface area contributed by atoms with Gasteiger partial charge in [-0.05, 0) is 93.0 Å². The van der Waals surface area contributed by atoms with Crippen LogP contribution in [0.5, 0.6) is 0 Å². The van der Waals surface area contributed by atoms with E-state index in [4.69, 9.17) is 17.0 Å². The highest BCUT2D eigenvalue weighted by Crippen LogP contribution is 2.29. The largest absolute Gasteiger partial charge is 0.465 e. The van der Waals surface area contributed by atoms with Crippen LogP contribution in [-0.4, -0.2) is 34.6 Å². The van der Waals surface area contributed by atoms with E-state index < -0.39 is 17.8 Å². The molecular weight excluding hydrogens is 462 g/mol. The fraction of sp³-hybridized carbons (Fsp3) is 0.185. The van der Waals surface area contributed by atoms with E-state index in [1.807, 2.05) is 62.6 Å². The first-order chi connectivity index (χ1) is 16.6. The van der Waals surface area contributed by atoms with E-state index in [2.05, 4.69) is 5.32 Å². The molecule has 1 aliphatic heterocycles. The van der Waals surface area contributed by atoms with Gasteiger partial charge in [-0.2, -0.15) is 0 Å². The Kier molecular flexibility index (Phi) is 6.41. The zero-order valence-corrected chi connectivity index (χ0v) is 20.9. The molecule has 0 spiro atoms. The first-order valence-corrected chi connectivity index (χ1v) is 11.4. The Morgan fingerprint density at radius 2 is 1.74 bits per heavy atom. The van der Waals surface area contributed by atoms with Gasteiger partial charge in [-0.3, -0.25) is 19.8 Å². The van der Waals surface area contributed by atoms with Crippen molar-refractivity contribution in [3.63, 3.8) is 0 Å². The number of methoxy groups -OCH3 is 1. The van der Waals surface area contributed by atoms with E-state index in [9.17, 15) is 14.4 Å². The normalized spacial score (nSPS) is 14.9. The Balaban J connectivity index is 1.77. The van der Waals surface area contributed by atoms with E-state index in [0.717, 1.165) is 28.2 Å². The fourth-order valence-electron chi connectivity index (χ4n) is 4.23. The Morgan fingerprint density at radius 1 is 1.03 bits per heavy atom. The average molecular weight is 488 g/mol. The van der Waals surface area contributed by atoms with Crippen molar-refractivity contribution < 1.29 is 19.1 Å². The van der Waals surface area contributed by atoms with Crippen LogP contribution in [0.4, 0.5) is 5.69 Å². The number of nitrogens with one attached hydrogen (secondary N) is 1. The fourth-order valence-corrected chi connectivity index (χ4v) is 4.50. The molecule has 3 aromatic rings. The molecule has 7 nitrogen and oxygen atoms in total. The van der Waals surface area contributed by atoms with Crippen LogP contribution in [0.3, 0.4) is 0 Å². The van der Waals surface area contributed by atoms with Gasteiger partial charge in [0.25, 0.3) is 11.8 Å². The van der Waals surface area contributed by atoms with Crippen molar-refractivity contribution in [3.05, 3.63) is 87.7 Å². The molecule has 4 rings (SSSR count). The number of amides is 2. The molecule has 8 heteroatoms. The van der Waals surface area contributed by atoms with Gasteiger partial charge in [0.1, 0.15) is 5.57 Å². The molecule has 0 radical (unpaired) electrons. The molecule has 2 aromatic carbocycles. The minimum absolute atomic E-state index is 0.0110. The third-order valence-electron chi connectivity index (χ3n) is 6.21. The minimum Gasteiger partial charge on any atom is -0.465 e. The summed E-state index contributed by atoms with van der Waals surface area (Å²) in [7, 11) is 1.34. The van der Waals surface area contributed by atoms with Gasteiger partial charge in [-0.25, -0.2) is 4.79 Å². The zero-order valence-electron chi connectivity index (χ0n) is 20.1. The summed E-state index contributed by atoms with van der Waals surface area (Å²) in [6.07, 6.45) is 1.58. The second kappa shape index (κ2) is 9.31. The smallest absolute Gasteiger partial charge is 0.337 e. The lowest BCUT2D eigenvalue weighted by Gasteiger charge is -2.30. The minimum atomic E-state index is -0.543. The summed E-state index contributed by atoms with van der Waals surface area (Å²) >= 11 is 5.35. The lowest BCUT2D eigenvalue weighted by atomic mass is 10.0. The number of nitrogens with zero attached hydrogens (tertiary/aromatic N) is 2. The molecule has 0 aliphatic carbocycles. The molecule has 0 unspecified atom stereocenters. The van der Waals surface area contributed by atoms with Crippen LogP contribution >= 0.6 is 12.2 Å². The van der Waals surface area contributed by atoms with Gasteiger partial charge in [0, 0.05) is 17.1 Å². The second-order valence-corrected chi connectivity index (χ2v) is 8.77. The summed E-state index contributed by atoms with van der Waals surface area (Å²) in [5.74, 6) is -1.45. The van der Waals surface area contributed by atoms with E-state index in [1.54, 1.807) is 24.3 Å². The number of carbonyl (C=O) groups is 3. The number of esters is 1. The molecule has 1 N–H and O–H groups in total. The number of aromatic nitrogens is 1. The zero-order chi connectivity index (χ0) is 25.4. The van der Waals surface area contributed by atoms with Gasteiger partial charge in [0.05, 0.1) is 18.4 Å². The number of benzene rings is 2. The molecule has 1 aliphatic rings. The Hall–Kier alpha value is -4.04. The van der Waals surface area contributed by atoms with Gasteiger partial charge < -0.3 is 9.30 Å². The van der Waals surface area contributed by atoms with E-state index in [1.165, 1.54) is 12.0 Å². The first-order valence-electron chi connectivity index (χ1n) is 11.0. The molecule has 1 saturated heterocycles. The van der Waals surface area contributed by atoms with Crippen LogP contribution in [0.1, 0.15) is 38.4 Å². The predicted molar refractivity (Wildman–Crippen MR) is 139 cm³/mol. The number of rotatable bonds is 4. The van der Waals surface area contributed by atoms with E-state index >= 15 is 0 Å². The van der Waals surface area contributed by atoms with Crippen LogP contribution in [0, 0.1) is 27.7 Å². The average Bonchev–Trinajstić information content (AvgIpc) is 3.11. The van der Waals surface area contributed by atoms with Gasteiger partial charge in [0.2, 0.25) is 0 Å². The van der Waals surface area contributed by atoms with Crippen molar-refractivity contribution in [2.24, 2.45) is 0 Å². The monoisotopic (exact) mass is 487 g/mol. The highest BCUT2D eigenvalue weighted by Gasteiger charge is 2.35. The molecule has 1 aromatic heterocycles. The Bertz CT molecular complexity index is 1430. The number of carbonyl (C=O) groups excluding carboxylic acids is 3. The number of hydrogen-bond donors (Lipinski definition) is 1. The Labute approximate surface area is 209 Å². The van der Waals surface area contributed by atoms with Gasteiger partial charge in [-0.15, -0.1) is 0 Å². The van der Waals surface area contributed by atoms with Crippen LogP contribution in [-0.2, 0) is 14.3 Å².